The number of carbonyl (C=O) groups is 1. The quantitative estimate of drug-likeness (QED) is 0.460. The summed E-state index contributed by atoms with van der Waals surface area (Å²) in [5.41, 5.74) is 0. The monoisotopic (exact) mass is 114 g/mol. The Balaban J connectivity index is 2.60. The molecule has 3 nitrogen and oxygen atoms in total. The lowest BCUT2D eigenvalue weighted by Crippen LogP contribution is -2.26. The summed E-state index contributed by atoms with van der Waals surface area (Å²) in [6.07, 6.45) is 1.56. The van der Waals surface area contributed by atoms with E-state index in [9.17, 15) is 4.79 Å². The smallest absolute Gasteiger partial charge is 0.190 e. The zero-order valence-corrected chi connectivity index (χ0v) is 4.20. The minimum atomic E-state index is -0.944. The number of hydrogen-bond donors (Lipinski definition) is 1. The van der Waals surface area contributed by atoms with Crippen LogP contribution in [0.15, 0.2) is 12.3 Å². The van der Waals surface area contributed by atoms with Crippen LogP contribution in [0.1, 0.15) is 0 Å². The molecule has 0 spiro atoms. The van der Waals surface area contributed by atoms with Gasteiger partial charge in [-0.2, -0.15) is 0 Å². The van der Waals surface area contributed by atoms with Gasteiger partial charge in [-0.15, -0.1) is 0 Å². The Morgan fingerprint density at radius 3 is 3.00 bits per heavy atom. The van der Waals surface area contributed by atoms with E-state index in [1.807, 2.05) is 0 Å². The second-order valence-corrected chi connectivity index (χ2v) is 1.55. The predicted octanol–water partition coefficient (Wildman–Crippen LogP) is -0.540. The first kappa shape index (κ1) is 5.31. The van der Waals surface area contributed by atoms with E-state index in [0.717, 1.165) is 0 Å². The molecule has 44 valence electrons. The first-order valence-electron chi connectivity index (χ1n) is 2.31. The van der Waals surface area contributed by atoms with Crippen molar-refractivity contribution in [3.63, 3.8) is 0 Å². The normalized spacial score (nSPS) is 27.6. The van der Waals surface area contributed by atoms with Gasteiger partial charge in [0, 0.05) is 6.08 Å². The molecule has 0 radical (unpaired) electrons. The van der Waals surface area contributed by atoms with E-state index in [2.05, 4.69) is 4.74 Å². The lowest BCUT2D eigenvalue weighted by atomic mass is 10.2. The maximum Gasteiger partial charge on any atom is 0.190 e. The van der Waals surface area contributed by atoms with Crippen molar-refractivity contribution < 1.29 is 14.6 Å². The maximum absolute atomic E-state index is 10.4. The van der Waals surface area contributed by atoms with E-state index in [-0.39, 0.29) is 12.4 Å². The van der Waals surface area contributed by atoms with Crippen molar-refractivity contribution in [2.45, 2.75) is 6.10 Å². The predicted molar refractivity (Wildman–Crippen MR) is 26.1 cm³/mol. The molecule has 1 aliphatic rings. The summed E-state index contributed by atoms with van der Waals surface area (Å²) in [5.74, 6) is -0.281. The van der Waals surface area contributed by atoms with Crippen LogP contribution in [0.5, 0.6) is 0 Å². The fourth-order valence-corrected chi connectivity index (χ4v) is 0.455. The zero-order chi connectivity index (χ0) is 5.98. The molecule has 1 atom stereocenters. The Morgan fingerprint density at radius 1 is 1.88 bits per heavy atom. The molecule has 0 saturated heterocycles. The van der Waals surface area contributed by atoms with E-state index in [0.29, 0.717) is 0 Å². The topological polar surface area (TPSA) is 46.5 Å². The van der Waals surface area contributed by atoms with Gasteiger partial charge in [0.15, 0.2) is 11.9 Å². The zero-order valence-electron chi connectivity index (χ0n) is 4.20. The Hall–Kier alpha value is -0.830. The summed E-state index contributed by atoms with van der Waals surface area (Å²) in [6, 6.07) is 0. The van der Waals surface area contributed by atoms with Gasteiger partial charge in [0.2, 0.25) is 0 Å². The van der Waals surface area contributed by atoms with E-state index in [4.69, 9.17) is 5.11 Å². The molecule has 0 amide bonds. The number of ether oxygens (including phenoxy) is 1. The second-order valence-electron chi connectivity index (χ2n) is 1.55. The van der Waals surface area contributed by atoms with Crippen LogP contribution in [0.4, 0.5) is 0 Å². The summed E-state index contributed by atoms with van der Waals surface area (Å²) in [6.45, 7) is 0.0926. The molecular weight excluding hydrogens is 108 g/mol. The van der Waals surface area contributed by atoms with Gasteiger partial charge in [0.25, 0.3) is 0 Å². The first-order valence-corrected chi connectivity index (χ1v) is 2.31. The van der Waals surface area contributed by atoms with Gasteiger partial charge < -0.3 is 9.84 Å². The molecule has 1 rings (SSSR count). The maximum atomic E-state index is 10.4. The van der Waals surface area contributed by atoms with Gasteiger partial charge in [-0.05, 0) is 0 Å². The molecule has 0 bridgehead atoms. The lowest BCUT2D eigenvalue weighted by molar-refractivity contribution is -0.125. The fraction of sp³-hybridized carbons (Fsp3) is 0.400. The van der Waals surface area contributed by atoms with Crippen molar-refractivity contribution in [2.24, 2.45) is 0 Å². The van der Waals surface area contributed by atoms with E-state index in [1.165, 1.54) is 12.3 Å². The third-order valence-corrected chi connectivity index (χ3v) is 0.911. The van der Waals surface area contributed by atoms with Gasteiger partial charge in [0.1, 0.15) is 6.61 Å². The van der Waals surface area contributed by atoms with Crippen LogP contribution in [0.3, 0.4) is 0 Å². The summed E-state index contributed by atoms with van der Waals surface area (Å²) in [5, 5.41) is 8.65. The van der Waals surface area contributed by atoms with Crippen LogP contribution in [-0.2, 0) is 9.53 Å². The number of aliphatic hydroxyl groups excluding tert-OH is 1. The lowest BCUT2D eigenvalue weighted by Gasteiger charge is -2.09. The minimum Gasteiger partial charge on any atom is -0.498 e. The molecule has 0 aliphatic carbocycles. The molecule has 1 heterocycles. The average Bonchev–Trinajstić information content (AvgIpc) is 1.77. The molecule has 0 aromatic heterocycles. The van der Waals surface area contributed by atoms with Gasteiger partial charge in [-0.1, -0.05) is 0 Å². The molecule has 1 aliphatic heterocycles. The van der Waals surface area contributed by atoms with Crippen LogP contribution in [0, 0.1) is 0 Å². The highest BCUT2D eigenvalue weighted by molar-refractivity contribution is 5.93. The van der Waals surface area contributed by atoms with Crippen molar-refractivity contribution in [2.75, 3.05) is 6.61 Å². The number of rotatable bonds is 0. The summed E-state index contributed by atoms with van der Waals surface area (Å²) in [7, 11) is 0. The van der Waals surface area contributed by atoms with Crippen LogP contribution in [0.2, 0.25) is 0 Å². The Morgan fingerprint density at radius 2 is 2.62 bits per heavy atom. The van der Waals surface area contributed by atoms with Crippen molar-refractivity contribution in [1.82, 2.24) is 0 Å². The van der Waals surface area contributed by atoms with Crippen molar-refractivity contribution in [3.05, 3.63) is 12.3 Å². The molecule has 0 saturated carbocycles. The average molecular weight is 114 g/mol. The van der Waals surface area contributed by atoms with Gasteiger partial charge in [-0.25, -0.2) is 0 Å². The molecule has 0 aromatic rings. The Labute approximate surface area is 46.6 Å². The molecule has 0 aromatic carbocycles. The van der Waals surface area contributed by atoms with Crippen LogP contribution >= 0.6 is 0 Å². The minimum absolute atomic E-state index is 0.0926. The summed E-state index contributed by atoms with van der Waals surface area (Å²) < 4.78 is 4.60. The van der Waals surface area contributed by atoms with Crippen LogP contribution < -0.4 is 0 Å². The molecule has 1 unspecified atom stereocenters. The summed E-state index contributed by atoms with van der Waals surface area (Å²) >= 11 is 0. The molecular formula is C5H6O3. The highest BCUT2D eigenvalue weighted by Gasteiger charge is 2.14. The summed E-state index contributed by atoms with van der Waals surface area (Å²) in [4.78, 5) is 10.4. The van der Waals surface area contributed by atoms with E-state index in [1.54, 1.807) is 0 Å². The van der Waals surface area contributed by atoms with Crippen LogP contribution in [0.25, 0.3) is 0 Å². The number of hydrogen-bond acceptors (Lipinski definition) is 3. The van der Waals surface area contributed by atoms with Crippen molar-refractivity contribution in [1.29, 1.82) is 0 Å². The molecule has 8 heavy (non-hydrogen) atoms. The fourth-order valence-electron chi connectivity index (χ4n) is 0.455. The number of aliphatic hydroxyl groups is 1. The van der Waals surface area contributed by atoms with Gasteiger partial charge >= 0.3 is 0 Å². The highest BCUT2D eigenvalue weighted by atomic mass is 16.5. The second kappa shape index (κ2) is 1.96. The largest absolute Gasteiger partial charge is 0.498 e. The Kier molecular flexibility index (Phi) is 1.30. The highest BCUT2D eigenvalue weighted by Crippen LogP contribution is 1.96. The first-order chi connectivity index (χ1) is 3.80. The van der Waals surface area contributed by atoms with Gasteiger partial charge in [-0.3, -0.25) is 4.79 Å². The van der Waals surface area contributed by atoms with Crippen molar-refractivity contribution >= 4 is 5.78 Å². The third kappa shape index (κ3) is 0.869. The number of ketones is 1. The van der Waals surface area contributed by atoms with Gasteiger partial charge in [0.05, 0.1) is 6.26 Å². The van der Waals surface area contributed by atoms with Crippen molar-refractivity contribution in [3.8, 4) is 0 Å². The third-order valence-electron chi connectivity index (χ3n) is 0.911. The molecule has 0 fully saturated rings. The SMILES string of the molecule is O=C1C=COCC1O. The number of carbonyl (C=O) groups excluding carboxylic acids is 1. The standard InChI is InChI=1S/C5H6O3/c6-4-1-2-8-3-5(4)7/h1-2,5,7H,3H2. The van der Waals surface area contributed by atoms with E-state index >= 15 is 0 Å². The molecule has 1 N–H and O–H groups in total. The molecule has 3 heteroatoms. The van der Waals surface area contributed by atoms with E-state index < -0.39 is 6.10 Å². The van der Waals surface area contributed by atoms with Crippen LogP contribution in [-0.4, -0.2) is 23.6 Å². The Bertz CT molecular complexity index is 128.